The van der Waals surface area contributed by atoms with E-state index in [1.807, 2.05) is 37.3 Å². The molecule has 1 N–H and O–H groups in total. The molecule has 7 nitrogen and oxygen atoms in total. The van der Waals surface area contributed by atoms with Crippen molar-refractivity contribution in [3.63, 3.8) is 0 Å². The van der Waals surface area contributed by atoms with Gasteiger partial charge in [0.1, 0.15) is 18.7 Å². The number of rotatable bonds is 7. The number of aromatic nitrogens is 4. The van der Waals surface area contributed by atoms with Crippen molar-refractivity contribution in [2.24, 2.45) is 0 Å². The largest absolute Gasteiger partial charge is 0.491 e. The molecular weight excluding hydrogens is 294 g/mol. The Morgan fingerprint density at radius 3 is 2.78 bits per heavy atom. The van der Waals surface area contributed by atoms with Gasteiger partial charge in [0.25, 0.3) is 0 Å². The molecule has 0 aliphatic carbocycles. The molecule has 2 heterocycles. The number of ether oxygens (including phenoxy) is 2. The SMILES string of the molecule is COCCOc1ccc(CNc2cc(C)nn3cnnc23)cc1. The van der Waals surface area contributed by atoms with Crippen LogP contribution in [-0.4, -0.2) is 40.1 Å². The maximum atomic E-state index is 5.55. The van der Waals surface area contributed by atoms with Crippen molar-refractivity contribution in [3.8, 4) is 5.75 Å². The van der Waals surface area contributed by atoms with Crippen LogP contribution in [0.15, 0.2) is 36.7 Å². The van der Waals surface area contributed by atoms with Crippen molar-refractivity contribution >= 4 is 11.3 Å². The minimum absolute atomic E-state index is 0.551. The lowest BCUT2D eigenvalue weighted by Crippen LogP contribution is -2.05. The molecule has 0 bridgehead atoms. The van der Waals surface area contributed by atoms with Gasteiger partial charge in [-0.25, -0.2) is 0 Å². The van der Waals surface area contributed by atoms with E-state index in [1.54, 1.807) is 18.0 Å². The maximum absolute atomic E-state index is 5.55. The van der Waals surface area contributed by atoms with Gasteiger partial charge in [-0.15, -0.1) is 10.2 Å². The van der Waals surface area contributed by atoms with E-state index in [1.165, 1.54) is 0 Å². The standard InChI is InChI=1S/C16H19N5O2/c1-12-9-15(16-19-18-11-21(16)20-12)17-10-13-3-5-14(6-4-13)23-8-7-22-2/h3-6,9,11,17H,7-8,10H2,1-2H3. The minimum Gasteiger partial charge on any atom is -0.491 e. The smallest absolute Gasteiger partial charge is 0.200 e. The van der Waals surface area contributed by atoms with Gasteiger partial charge in [0.15, 0.2) is 0 Å². The van der Waals surface area contributed by atoms with Crippen LogP contribution in [0.3, 0.4) is 0 Å². The Hall–Kier alpha value is -2.67. The third-order valence-electron chi connectivity index (χ3n) is 3.35. The van der Waals surface area contributed by atoms with Crippen molar-refractivity contribution < 1.29 is 9.47 Å². The number of fused-ring (bicyclic) bond motifs is 1. The Morgan fingerprint density at radius 1 is 1.17 bits per heavy atom. The van der Waals surface area contributed by atoms with Gasteiger partial charge in [-0.2, -0.15) is 9.61 Å². The summed E-state index contributed by atoms with van der Waals surface area (Å²) in [6.07, 6.45) is 1.60. The number of benzene rings is 1. The summed E-state index contributed by atoms with van der Waals surface area (Å²) in [4.78, 5) is 0. The van der Waals surface area contributed by atoms with Crippen LogP contribution in [0.4, 0.5) is 5.69 Å². The summed E-state index contributed by atoms with van der Waals surface area (Å²) in [5.41, 5.74) is 3.68. The average molecular weight is 313 g/mol. The highest BCUT2D eigenvalue weighted by Gasteiger charge is 2.06. The molecule has 1 aromatic carbocycles. The molecule has 3 rings (SSSR count). The Balaban J connectivity index is 1.64. The zero-order valence-electron chi connectivity index (χ0n) is 13.2. The Labute approximate surface area is 134 Å². The van der Waals surface area contributed by atoms with Crippen LogP contribution in [0.5, 0.6) is 5.75 Å². The van der Waals surface area contributed by atoms with Gasteiger partial charge >= 0.3 is 0 Å². The molecule has 0 unspecified atom stereocenters. The molecule has 120 valence electrons. The number of aryl methyl sites for hydroxylation is 1. The highest BCUT2D eigenvalue weighted by molar-refractivity contribution is 5.66. The molecule has 3 aromatic rings. The lowest BCUT2D eigenvalue weighted by molar-refractivity contribution is 0.146. The van der Waals surface area contributed by atoms with E-state index in [0.717, 1.165) is 28.3 Å². The Kier molecular flexibility index (Phi) is 4.68. The fraction of sp³-hybridized carbons (Fsp3) is 0.312. The number of anilines is 1. The molecule has 23 heavy (non-hydrogen) atoms. The first-order chi connectivity index (χ1) is 11.3. The van der Waals surface area contributed by atoms with Crippen molar-refractivity contribution in [2.75, 3.05) is 25.6 Å². The molecule has 0 aliphatic rings. The fourth-order valence-corrected chi connectivity index (χ4v) is 2.23. The van der Waals surface area contributed by atoms with E-state index in [4.69, 9.17) is 9.47 Å². The van der Waals surface area contributed by atoms with Crippen LogP contribution in [-0.2, 0) is 11.3 Å². The lowest BCUT2D eigenvalue weighted by atomic mass is 10.2. The number of hydrogen-bond donors (Lipinski definition) is 1. The van der Waals surface area contributed by atoms with E-state index in [9.17, 15) is 0 Å². The summed E-state index contributed by atoms with van der Waals surface area (Å²) < 4.78 is 12.2. The topological polar surface area (TPSA) is 73.6 Å². The van der Waals surface area contributed by atoms with Crippen LogP contribution < -0.4 is 10.1 Å². The normalized spacial score (nSPS) is 10.9. The second kappa shape index (κ2) is 7.06. The Morgan fingerprint density at radius 2 is 2.00 bits per heavy atom. The zero-order chi connectivity index (χ0) is 16.1. The van der Waals surface area contributed by atoms with Gasteiger partial charge in [0.2, 0.25) is 5.65 Å². The van der Waals surface area contributed by atoms with E-state index in [-0.39, 0.29) is 0 Å². The van der Waals surface area contributed by atoms with Crippen molar-refractivity contribution in [3.05, 3.63) is 47.9 Å². The molecule has 0 amide bonds. The zero-order valence-corrected chi connectivity index (χ0v) is 13.2. The predicted octanol–water partition coefficient (Wildman–Crippen LogP) is 2.07. The van der Waals surface area contributed by atoms with Gasteiger partial charge in [0.05, 0.1) is 18.0 Å². The third-order valence-corrected chi connectivity index (χ3v) is 3.35. The molecular formula is C16H19N5O2. The maximum Gasteiger partial charge on any atom is 0.200 e. The summed E-state index contributed by atoms with van der Waals surface area (Å²) in [5, 5.41) is 15.7. The van der Waals surface area contributed by atoms with E-state index in [0.29, 0.717) is 19.8 Å². The first-order valence-electron chi connectivity index (χ1n) is 7.38. The molecule has 2 aromatic heterocycles. The summed E-state index contributed by atoms with van der Waals surface area (Å²) in [6.45, 7) is 3.76. The highest BCUT2D eigenvalue weighted by Crippen LogP contribution is 2.17. The quantitative estimate of drug-likeness (QED) is 0.673. The van der Waals surface area contributed by atoms with Gasteiger partial charge in [-0.1, -0.05) is 12.1 Å². The monoisotopic (exact) mass is 313 g/mol. The number of nitrogens with zero attached hydrogens (tertiary/aromatic N) is 4. The Bertz CT molecular complexity index is 770. The van der Waals surface area contributed by atoms with Gasteiger partial charge in [-0.3, -0.25) is 0 Å². The predicted molar refractivity (Wildman–Crippen MR) is 86.7 cm³/mol. The first-order valence-corrected chi connectivity index (χ1v) is 7.38. The van der Waals surface area contributed by atoms with Crippen LogP contribution >= 0.6 is 0 Å². The second-order valence-corrected chi connectivity index (χ2v) is 5.14. The van der Waals surface area contributed by atoms with Crippen molar-refractivity contribution in [2.45, 2.75) is 13.5 Å². The summed E-state index contributed by atoms with van der Waals surface area (Å²) in [5.74, 6) is 0.838. The third kappa shape index (κ3) is 3.75. The van der Waals surface area contributed by atoms with Gasteiger partial charge in [0, 0.05) is 13.7 Å². The van der Waals surface area contributed by atoms with E-state index in [2.05, 4.69) is 20.6 Å². The minimum atomic E-state index is 0.551. The van der Waals surface area contributed by atoms with Crippen molar-refractivity contribution in [1.82, 2.24) is 19.8 Å². The highest BCUT2D eigenvalue weighted by atomic mass is 16.5. The second-order valence-electron chi connectivity index (χ2n) is 5.14. The number of methoxy groups -OCH3 is 1. The van der Waals surface area contributed by atoms with Gasteiger partial charge in [-0.05, 0) is 30.7 Å². The fourth-order valence-electron chi connectivity index (χ4n) is 2.23. The summed E-state index contributed by atoms with van der Waals surface area (Å²) >= 11 is 0. The molecule has 0 radical (unpaired) electrons. The number of nitrogens with one attached hydrogen (secondary N) is 1. The van der Waals surface area contributed by atoms with Crippen LogP contribution in [0.25, 0.3) is 5.65 Å². The van der Waals surface area contributed by atoms with E-state index >= 15 is 0 Å². The van der Waals surface area contributed by atoms with Crippen LogP contribution in [0.1, 0.15) is 11.3 Å². The molecule has 0 aliphatic heterocycles. The molecule has 0 atom stereocenters. The summed E-state index contributed by atoms with van der Waals surface area (Å²) in [7, 11) is 1.66. The van der Waals surface area contributed by atoms with Crippen LogP contribution in [0.2, 0.25) is 0 Å². The van der Waals surface area contributed by atoms with Crippen LogP contribution in [0, 0.1) is 6.92 Å². The average Bonchev–Trinajstić information content (AvgIpc) is 3.02. The number of hydrogen-bond acceptors (Lipinski definition) is 6. The molecule has 0 spiro atoms. The van der Waals surface area contributed by atoms with E-state index < -0.39 is 0 Å². The van der Waals surface area contributed by atoms with Crippen molar-refractivity contribution in [1.29, 1.82) is 0 Å². The molecule has 0 saturated heterocycles. The van der Waals surface area contributed by atoms with Gasteiger partial charge < -0.3 is 14.8 Å². The molecule has 0 saturated carbocycles. The molecule has 0 fully saturated rings. The molecule has 7 heteroatoms. The lowest BCUT2D eigenvalue weighted by Gasteiger charge is -2.09. The summed E-state index contributed by atoms with van der Waals surface area (Å²) in [6, 6.07) is 9.94. The first kappa shape index (κ1) is 15.2.